The van der Waals surface area contributed by atoms with Crippen LogP contribution in [0.2, 0.25) is 0 Å². The summed E-state index contributed by atoms with van der Waals surface area (Å²) in [4.78, 5) is 7.43. The molecule has 0 radical (unpaired) electrons. The molecule has 3 aromatic rings. The highest BCUT2D eigenvalue weighted by atomic mass is 32.1. The Balaban J connectivity index is 1.38. The highest BCUT2D eigenvalue weighted by Gasteiger charge is 2.23. The summed E-state index contributed by atoms with van der Waals surface area (Å²) in [5, 5.41) is 6.93. The van der Waals surface area contributed by atoms with Crippen LogP contribution in [0.25, 0.3) is 10.6 Å². The third kappa shape index (κ3) is 4.64. The second kappa shape index (κ2) is 8.79. The lowest BCUT2D eigenvalue weighted by Gasteiger charge is -2.28. The molecule has 3 nitrogen and oxygen atoms in total. The van der Waals surface area contributed by atoms with E-state index in [-0.39, 0.29) is 0 Å². The molecule has 0 saturated carbocycles. The average Bonchev–Trinajstić information content (AvgIpc) is 3.39. The summed E-state index contributed by atoms with van der Waals surface area (Å²) >= 11 is 1.73. The molecule has 0 bridgehead atoms. The van der Waals surface area contributed by atoms with Crippen molar-refractivity contribution >= 4 is 11.3 Å². The number of nitrogens with one attached hydrogen (secondary N) is 1. The first-order chi connectivity index (χ1) is 13.3. The number of thiazole rings is 1. The van der Waals surface area contributed by atoms with E-state index in [1.165, 1.54) is 42.6 Å². The van der Waals surface area contributed by atoms with Crippen molar-refractivity contribution in [3.8, 4) is 10.6 Å². The largest absolute Gasteiger partial charge is 0.309 e. The van der Waals surface area contributed by atoms with Crippen LogP contribution in [-0.4, -0.2) is 29.5 Å². The Labute approximate surface area is 166 Å². The molecule has 1 saturated heterocycles. The number of aromatic nitrogens is 1. The zero-order valence-electron chi connectivity index (χ0n) is 15.9. The number of aryl methyl sites for hydroxylation is 1. The standard InChI is InChI=1S/C23H27N3S/c1-18-9-11-20(12-10-18)23-25-21(17-27-23)15-24-16-22(26-13-5-6-14-26)19-7-3-2-4-8-19/h2-4,7-12,17,22,24H,5-6,13-16H2,1H3. The summed E-state index contributed by atoms with van der Waals surface area (Å²) < 4.78 is 0. The van der Waals surface area contributed by atoms with Gasteiger partial charge in [0.15, 0.2) is 0 Å². The van der Waals surface area contributed by atoms with Crippen LogP contribution in [0, 0.1) is 6.92 Å². The van der Waals surface area contributed by atoms with Gasteiger partial charge in [0, 0.05) is 30.1 Å². The monoisotopic (exact) mass is 377 g/mol. The van der Waals surface area contributed by atoms with Crippen LogP contribution < -0.4 is 5.32 Å². The number of likely N-dealkylation sites (tertiary alicyclic amines) is 1. The number of benzene rings is 2. The van der Waals surface area contributed by atoms with E-state index in [2.05, 4.69) is 77.1 Å². The molecule has 2 aromatic carbocycles. The van der Waals surface area contributed by atoms with Crippen LogP contribution in [0.5, 0.6) is 0 Å². The van der Waals surface area contributed by atoms with E-state index in [1.54, 1.807) is 11.3 Å². The minimum atomic E-state index is 0.448. The Morgan fingerprint density at radius 1 is 1.04 bits per heavy atom. The third-order valence-electron chi connectivity index (χ3n) is 5.26. The van der Waals surface area contributed by atoms with Crippen LogP contribution >= 0.6 is 11.3 Å². The summed E-state index contributed by atoms with van der Waals surface area (Å²) in [6, 6.07) is 20.0. The van der Waals surface area contributed by atoms with Gasteiger partial charge in [-0.2, -0.15) is 0 Å². The Bertz CT molecular complexity index is 836. The van der Waals surface area contributed by atoms with Gasteiger partial charge >= 0.3 is 0 Å². The molecule has 27 heavy (non-hydrogen) atoms. The minimum absolute atomic E-state index is 0.448. The van der Waals surface area contributed by atoms with Crippen LogP contribution in [0.1, 0.15) is 35.7 Å². The van der Waals surface area contributed by atoms with Crippen molar-refractivity contribution in [2.24, 2.45) is 0 Å². The van der Waals surface area contributed by atoms with Crippen LogP contribution in [-0.2, 0) is 6.54 Å². The van der Waals surface area contributed by atoms with Gasteiger partial charge in [0.2, 0.25) is 0 Å². The quantitative estimate of drug-likeness (QED) is 0.625. The summed E-state index contributed by atoms with van der Waals surface area (Å²) in [6.07, 6.45) is 2.63. The van der Waals surface area contributed by atoms with Gasteiger partial charge in [0.05, 0.1) is 5.69 Å². The van der Waals surface area contributed by atoms with E-state index < -0.39 is 0 Å². The Morgan fingerprint density at radius 3 is 2.52 bits per heavy atom. The minimum Gasteiger partial charge on any atom is -0.309 e. The van der Waals surface area contributed by atoms with E-state index in [4.69, 9.17) is 4.98 Å². The van der Waals surface area contributed by atoms with Crippen molar-refractivity contribution in [2.75, 3.05) is 19.6 Å². The van der Waals surface area contributed by atoms with E-state index in [0.29, 0.717) is 6.04 Å². The maximum Gasteiger partial charge on any atom is 0.123 e. The first-order valence-corrected chi connectivity index (χ1v) is 10.7. The first kappa shape index (κ1) is 18.4. The summed E-state index contributed by atoms with van der Waals surface area (Å²) in [6.45, 7) is 6.30. The van der Waals surface area contributed by atoms with Crippen molar-refractivity contribution in [1.82, 2.24) is 15.2 Å². The highest BCUT2D eigenvalue weighted by molar-refractivity contribution is 7.13. The maximum absolute atomic E-state index is 4.82. The zero-order valence-corrected chi connectivity index (χ0v) is 16.7. The first-order valence-electron chi connectivity index (χ1n) is 9.81. The van der Waals surface area contributed by atoms with Gasteiger partial charge in [-0.15, -0.1) is 11.3 Å². The van der Waals surface area contributed by atoms with Crippen molar-refractivity contribution in [1.29, 1.82) is 0 Å². The van der Waals surface area contributed by atoms with Crippen molar-refractivity contribution in [3.05, 3.63) is 76.8 Å². The fourth-order valence-electron chi connectivity index (χ4n) is 3.74. The average molecular weight is 378 g/mol. The summed E-state index contributed by atoms with van der Waals surface area (Å²) in [5.74, 6) is 0. The molecule has 1 aliphatic heterocycles. The molecule has 140 valence electrons. The molecule has 1 aromatic heterocycles. The predicted molar refractivity (Wildman–Crippen MR) is 114 cm³/mol. The second-order valence-corrected chi connectivity index (χ2v) is 8.17. The van der Waals surface area contributed by atoms with E-state index >= 15 is 0 Å². The van der Waals surface area contributed by atoms with Gasteiger partial charge < -0.3 is 5.32 Å². The Hall–Kier alpha value is -2.01. The van der Waals surface area contributed by atoms with Crippen LogP contribution in [0.15, 0.2) is 60.0 Å². The molecular formula is C23H27N3S. The lowest BCUT2D eigenvalue weighted by Crippen LogP contribution is -2.34. The van der Waals surface area contributed by atoms with Gasteiger partial charge in [0.1, 0.15) is 5.01 Å². The maximum atomic E-state index is 4.82. The van der Waals surface area contributed by atoms with Gasteiger partial charge in [-0.25, -0.2) is 4.98 Å². The second-order valence-electron chi connectivity index (χ2n) is 7.31. The number of hydrogen-bond donors (Lipinski definition) is 1. The fraction of sp³-hybridized carbons (Fsp3) is 0.348. The highest BCUT2D eigenvalue weighted by Crippen LogP contribution is 2.26. The number of hydrogen-bond acceptors (Lipinski definition) is 4. The Kier molecular flexibility index (Phi) is 5.97. The molecule has 1 aliphatic rings. The molecule has 1 N–H and O–H groups in total. The molecule has 1 atom stereocenters. The van der Waals surface area contributed by atoms with Gasteiger partial charge in [-0.1, -0.05) is 60.2 Å². The molecular weight excluding hydrogens is 350 g/mol. The zero-order chi connectivity index (χ0) is 18.5. The molecule has 4 rings (SSSR count). The van der Waals surface area contributed by atoms with Crippen molar-refractivity contribution in [2.45, 2.75) is 32.4 Å². The van der Waals surface area contributed by atoms with Crippen LogP contribution in [0.3, 0.4) is 0 Å². The number of nitrogens with zero attached hydrogens (tertiary/aromatic N) is 2. The summed E-state index contributed by atoms with van der Waals surface area (Å²) in [7, 11) is 0. The third-order valence-corrected chi connectivity index (χ3v) is 6.20. The Morgan fingerprint density at radius 2 is 1.78 bits per heavy atom. The topological polar surface area (TPSA) is 28.2 Å². The smallest absolute Gasteiger partial charge is 0.123 e. The van der Waals surface area contributed by atoms with E-state index in [9.17, 15) is 0 Å². The van der Waals surface area contributed by atoms with Crippen LogP contribution in [0.4, 0.5) is 0 Å². The van der Waals surface area contributed by atoms with Crippen molar-refractivity contribution < 1.29 is 0 Å². The fourth-order valence-corrected chi connectivity index (χ4v) is 4.57. The van der Waals surface area contributed by atoms with Gasteiger partial charge in [-0.3, -0.25) is 4.90 Å². The SMILES string of the molecule is Cc1ccc(-c2nc(CNCC(c3ccccc3)N3CCCC3)cs2)cc1. The van der Waals surface area contributed by atoms with E-state index in [0.717, 1.165) is 23.8 Å². The molecule has 0 aliphatic carbocycles. The molecule has 1 unspecified atom stereocenters. The molecule has 0 spiro atoms. The van der Waals surface area contributed by atoms with Gasteiger partial charge in [0.25, 0.3) is 0 Å². The molecule has 2 heterocycles. The molecule has 0 amide bonds. The predicted octanol–water partition coefficient (Wildman–Crippen LogP) is 5.05. The lowest BCUT2D eigenvalue weighted by atomic mass is 10.1. The van der Waals surface area contributed by atoms with E-state index in [1.807, 2.05) is 0 Å². The molecule has 4 heteroatoms. The normalized spacial score (nSPS) is 15.9. The number of rotatable bonds is 7. The molecule has 1 fully saturated rings. The van der Waals surface area contributed by atoms with Gasteiger partial charge in [-0.05, 0) is 38.4 Å². The summed E-state index contributed by atoms with van der Waals surface area (Å²) in [5.41, 5.74) is 5.02. The lowest BCUT2D eigenvalue weighted by molar-refractivity contribution is 0.238. The van der Waals surface area contributed by atoms with Crippen molar-refractivity contribution in [3.63, 3.8) is 0 Å².